The number of carbonyl (C=O) groups is 2. The summed E-state index contributed by atoms with van der Waals surface area (Å²) in [5.74, 6) is -0.0267. The highest BCUT2D eigenvalue weighted by molar-refractivity contribution is 5.92. The molecule has 0 unspecified atom stereocenters. The van der Waals surface area contributed by atoms with Crippen molar-refractivity contribution in [2.24, 2.45) is 11.7 Å². The van der Waals surface area contributed by atoms with E-state index < -0.39 is 11.5 Å². The highest BCUT2D eigenvalue weighted by atomic mass is 16.2. The van der Waals surface area contributed by atoms with Crippen LogP contribution in [0.5, 0.6) is 0 Å². The molecular formula is C14H17N3O3. The van der Waals surface area contributed by atoms with Gasteiger partial charge in [0.1, 0.15) is 5.56 Å². The number of hydrogen-bond acceptors (Lipinski definition) is 3. The predicted octanol–water partition coefficient (Wildman–Crippen LogP) is 0.159. The van der Waals surface area contributed by atoms with Gasteiger partial charge in [-0.15, -0.1) is 0 Å². The number of aromatic amines is 1. The topological polar surface area (TPSA) is 96.3 Å². The van der Waals surface area contributed by atoms with E-state index in [4.69, 9.17) is 5.73 Å². The second kappa shape index (κ2) is 4.77. The maximum atomic E-state index is 12.1. The minimum Gasteiger partial charge on any atom is -0.365 e. The smallest absolute Gasteiger partial charge is 0.261 e. The van der Waals surface area contributed by atoms with Crippen molar-refractivity contribution in [3.63, 3.8) is 0 Å². The second-order valence-corrected chi connectivity index (χ2v) is 5.59. The molecule has 20 heavy (non-hydrogen) atoms. The zero-order valence-electron chi connectivity index (χ0n) is 11.1. The van der Waals surface area contributed by atoms with Gasteiger partial charge in [-0.3, -0.25) is 14.4 Å². The molecule has 6 heteroatoms. The maximum absolute atomic E-state index is 12.1. The third-order valence-corrected chi connectivity index (χ3v) is 3.99. The first-order valence-corrected chi connectivity index (χ1v) is 6.87. The van der Waals surface area contributed by atoms with Crippen LogP contribution in [0.15, 0.2) is 10.9 Å². The molecule has 0 radical (unpaired) electrons. The number of amides is 2. The zero-order chi connectivity index (χ0) is 14.3. The van der Waals surface area contributed by atoms with Crippen molar-refractivity contribution in [2.45, 2.75) is 32.2 Å². The molecule has 6 nitrogen and oxygen atoms in total. The first-order chi connectivity index (χ1) is 9.54. The number of aromatic nitrogens is 1. The molecule has 2 aliphatic rings. The van der Waals surface area contributed by atoms with Gasteiger partial charge in [-0.2, -0.15) is 0 Å². The Kier molecular flexibility index (Phi) is 3.08. The summed E-state index contributed by atoms with van der Waals surface area (Å²) >= 11 is 0. The van der Waals surface area contributed by atoms with Gasteiger partial charge in [-0.1, -0.05) is 0 Å². The number of nitrogens with one attached hydrogen (secondary N) is 1. The molecule has 1 saturated carbocycles. The Bertz CT molecular complexity index is 631. The van der Waals surface area contributed by atoms with Crippen molar-refractivity contribution in [3.05, 3.63) is 33.2 Å². The van der Waals surface area contributed by atoms with Gasteiger partial charge < -0.3 is 15.6 Å². The summed E-state index contributed by atoms with van der Waals surface area (Å²) in [5.41, 5.74) is 6.30. The molecule has 1 aliphatic carbocycles. The van der Waals surface area contributed by atoms with Gasteiger partial charge in [0.25, 0.3) is 11.5 Å². The first kappa shape index (κ1) is 12.9. The van der Waals surface area contributed by atoms with Crippen LogP contribution >= 0.6 is 0 Å². The van der Waals surface area contributed by atoms with Gasteiger partial charge in [0.05, 0.1) is 0 Å². The molecule has 0 aromatic carbocycles. The molecule has 3 N–H and O–H groups in total. The lowest BCUT2D eigenvalue weighted by Gasteiger charge is -2.28. The summed E-state index contributed by atoms with van der Waals surface area (Å²) in [5, 5.41) is 0. The van der Waals surface area contributed by atoms with Crippen LogP contribution in [0.25, 0.3) is 0 Å². The fourth-order valence-corrected chi connectivity index (χ4v) is 2.60. The molecule has 2 amide bonds. The Morgan fingerprint density at radius 3 is 2.80 bits per heavy atom. The fourth-order valence-electron chi connectivity index (χ4n) is 2.60. The van der Waals surface area contributed by atoms with Gasteiger partial charge in [0, 0.05) is 31.6 Å². The number of hydrogen-bond donors (Lipinski definition) is 2. The first-order valence-electron chi connectivity index (χ1n) is 6.87. The highest BCUT2D eigenvalue weighted by Crippen LogP contribution is 2.33. The number of nitrogens with two attached hydrogens (primary N) is 1. The van der Waals surface area contributed by atoms with E-state index in [0.717, 1.165) is 24.1 Å². The van der Waals surface area contributed by atoms with E-state index in [1.807, 2.05) is 0 Å². The minimum atomic E-state index is -0.740. The van der Waals surface area contributed by atoms with Crippen LogP contribution in [-0.2, 0) is 17.8 Å². The summed E-state index contributed by atoms with van der Waals surface area (Å²) < 4.78 is 0. The number of carbonyl (C=O) groups excluding carboxylic acids is 2. The van der Waals surface area contributed by atoms with Crippen molar-refractivity contribution < 1.29 is 9.59 Å². The van der Waals surface area contributed by atoms with E-state index in [1.54, 1.807) is 4.90 Å². The molecule has 1 fully saturated rings. The van der Waals surface area contributed by atoms with E-state index in [0.29, 0.717) is 31.8 Å². The van der Waals surface area contributed by atoms with E-state index in [1.165, 1.54) is 6.07 Å². The SMILES string of the molecule is NC(=O)c1cc2c([nH]c1=O)CCN(C(=O)CC1CC1)C2. The molecule has 106 valence electrons. The molecule has 3 rings (SSSR count). The molecule has 0 spiro atoms. The number of primary amides is 1. The summed E-state index contributed by atoms with van der Waals surface area (Å²) in [6, 6.07) is 1.52. The van der Waals surface area contributed by atoms with Crippen LogP contribution in [0.2, 0.25) is 0 Å². The second-order valence-electron chi connectivity index (χ2n) is 5.59. The molecule has 0 atom stereocenters. The van der Waals surface area contributed by atoms with Crippen molar-refractivity contribution >= 4 is 11.8 Å². The van der Waals surface area contributed by atoms with Gasteiger partial charge in [-0.25, -0.2) is 0 Å². The van der Waals surface area contributed by atoms with Gasteiger partial charge in [-0.05, 0) is 30.4 Å². The lowest BCUT2D eigenvalue weighted by Crippen LogP contribution is -2.38. The van der Waals surface area contributed by atoms with Crippen LogP contribution < -0.4 is 11.3 Å². The van der Waals surface area contributed by atoms with Gasteiger partial charge in [0.15, 0.2) is 0 Å². The van der Waals surface area contributed by atoms with Crippen molar-refractivity contribution in [2.75, 3.05) is 6.54 Å². The molecular weight excluding hydrogens is 258 g/mol. The van der Waals surface area contributed by atoms with E-state index in [9.17, 15) is 14.4 Å². The van der Waals surface area contributed by atoms with E-state index in [2.05, 4.69) is 4.98 Å². The largest absolute Gasteiger partial charge is 0.365 e. The van der Waals surface area contributed by atoms with Crippen molar-refractivity contribution in [3.8, 4) is 0 Å². The maximum Gasteiger partial charge on any atom is 0.261 e. The summed E-state index contributed by atoms with van der Waals surface area (Å²) in [4.78, 5) is 39.5. The average Bonchev–Trinajstić information content (AvgIpc) is 3.21. The molecule has 1 aromatic rings. The Labute approximate surface area is 116 Å². The fraction of sp³-hybridized carbons (Fsp3) is 0.500. The summed E-state index contributed by atoms with van der Waals surface area (Å²) in [7, 11) is 0. The predicted molar refractivity (Wildman–Crippen MR) is 72.0 cm³/mol. The normalized spacial score (nSPS) is 17.7. The molecule has 0 saturated heterocycles. The number of pyridine rings is 1. The molecule has 0 bridgehead atoms. The number of rotatable bonds is 3. The zero-order valence-corrected chi connectivity index (χ0v) is 11.1. The van der Waals surface area contributed by atoms with Crippen LogP contribution in [0, 0.1) is 5.92 Å². The van der Waals surface area contributed by atoms with Crippen molar-refractivity contribution in [1.29, 1.82) is 0 Å². The van der Waals surface area contributed by atoms with E-state index >= 15 is 0 Å². The summed E-state index contributed by atoms with van der Waals surface area (Å²) in [6.45, 7) is 1.06. The molecule has 1 aromatic heterocycles. The lowest BCUT2D eigenvalue weighted by atomic mass is 10.0. The monoisotopic (exact) mass is 275 g/mol. The molecule has 2 heterocycles. The van der Waals surface area contributed by atoms with Crippen LogP contribution in [0.1, 0.15) is 40.9 Å². The Morgan fingerprint density at radius 2 is 2.15 bits per heavy atom. The lowest BCUT2D eigenvalue weighted by molar-refractivity contribution is -0.132. The average molecular weight is 275 g/mol. The number of fused-ring (bicyclic) bond motifs is 1. The molecule has 1 aliphatic heterocycles. The standard InChI is InChI=1S/C14H17N3O3/c15-13(19)10-6-9-7-17(12(18)5-8-1-2-8)4-3-11(9)16-14(10)20/h6,8H,1-5,7H2,(H2,15,19)(H,16,20). The Balaban J connectivity index is 1.82. The minimum absolute atomic E-state index is 0.0414. The third kappa shape index (κ3) is 2.45. The van der Waals surface area contributed by atoms with Gasteiger partial charge >= 0.3 is 0 Å². The Hall–Kier alpha value is -2.11. The van der Waals surface area contributed by atoms with Gasteiger partial charge in [0.2, 0.25) is 5.91 Å². The number of H-pyrrole nitrogens is 1. The Morgan fingerprint density at radius 1 is 1.40 bits per heavy atom. The quantitative estimate of drug-likeness (QED) is 0.822. The van der Waals surface area contributed by atoms with Crippen LogP contribution in [-0.4, -0.2) is 28.2 Å². The van der Waals surface area contributed by atoms with Crippen molar-refractivity contribution in [1.82, 2.24) is 9.88 Å². The van der Waals surface area contributed by atoms with E-state index in [-0.39, 0.29) is 11.5 Å². The van der Waals surface area contributed by atoms with Crippen LogP contribution in [0.4, 0.5) is 0 Å². The highest BCUT2D eigenvalue weighted by Gasteiger charge is 2.29. The number of nitrogens with zero attached hydrogens (tertiary/aromatic N) is 1. The van der Waals surface area contributed by atoms with Crippen LogP contribution in [0.3, 0.4) is 0 Å². The summed E-state index contributed by atoms with van der Waals surface area (Å²) in [6.07, 6.45) is 3.52. The third-order valence-electron chi connectivity index (χ3n) is 3.99.